The molecule has 4 rings (SSSR count). The van der Waals surface area contributed by atoms with Crippen LogP contribution in [0, 0.1) is 17.8 Å². The Morgan fingerprint density at radius 3 is 2.59 bits per heavy atom. The Balaban J connectivity index is 1.88. The summed E-state index contributed by atoms with van der Waals surface area (Å²) in [4.78, 5) is 44.6. The molecule has 1 spiro atoms. The number of nitrogens with zero attached hydrogens (tertiary/aromatic N) is 2. The molecule has 2 fully saturated rings. The molecule has 0 aromatic rings. The number of unbranched alkanes of at least 4 members (excludes halogenated alkanes) is 1. The van der Waals surface area contributed by atoms with Crippen molar-refractivity contribution in [1.29, 1.82) is 0 Å². The van der Waals surface area contributed by atoms with E-state index in [4.69, 9.17) is 4.74 Å². The summed E-state index contributed by atoms with van der Waals surface area (Å²) < 4.78 is 3.92. The molecule has 7 nitrogen and oxygen atoms in total. The number of carbonyl (C=O) groups excluding carboxylic acids is 3. The lowest BCUT2D eigenvalue weighted by Crippen LogP contribution is -2.58. The van der Waals surface area contributed by atoms with E-state index in [9.17, 15) is 19.5 Å². The number of aliphatic hydroxyl groups excluding tert-OH is 1. The Kier molecular flexibility index (Phi) is 6.22. The molecule has 0 aromatic carbocycles. The van der Waals surface area contributed by atoms with E-state index in [-0.39, 0.29) is 36.9 Å². The highest BCUT2D eigenvalue weighted by Gasteiger charge is 2.74. The van der Waals surface area contributed by atoms with Gasteiger partial charge in [-0.15, -0.1) is 11.8 Å². The topological polar surface area (TPSA) is 87.2 Å². The maximum atomic E-state index is 14.1. The number of carbonyl (C=O) groups is 3. The number of aliphatic hydroxyl groups is 1. The molecule has 2 amide bonds. The smallest absolute Gasteiger partial charge is 0.311 e. The maximum Gasteiger partial charge on any atom is 0.311 e. The first kappa shape index (κ1) is 23.4. The number of ether oxygens (including phenoxy) is 1. The fourth-order valence-corrected chi connectivity index (χ4v) is 8.01. The first-order valence-electron chi connectivity index (χ1n) is 11.7. The third-order valence-corrected chi connectivity index (χ3v) is 9.23. The van der Waals surface area contributed by atoms with Crippen molar-refractivity contribution in [2.75, 3.05) is 26.3 Å². The average Bonchev–Trinajstić information content (AvgIpc) is 3.00. The molecule has 4 aliphatic rings. The average molecular weight is 463 g/mol. The zero-order chi connectivity index (χ0) is 23.3. The van der Waals surface area contributed by atoms with Gasteiger partial charge >= 0.3 is 5.97 Å². The quantitative estimate of drug-likeness (QED) is 0.480. The number of likely N-dealkylation sites (tertiary alicyclic amines) is 1. The zero-order valence-corrected chi connectivity index (χ0v) is 20.1. The minimum Gasteiger partial charge on any atom is -0.461 e. The molecule has 1 unspecified atom stereocenters. The van der Waals surface area contributed by atoms with Crippen LogP contribution in [0.4, 0.5) is 0 Å². The molecule has 4 heterocycles. The number of cyclic esters (lactones) is 1. The van der Waals surface area contributed by atoms with Gasteiger partial charge in [-0.05, 0) is 25.3 Å². The van der Waals surface area contributed by atoms with E-state index in [1.807, 2.05) is 50.0 Å². The normalized spacial score (nSPS) is 37.2. The molecular weight excluding hydrogens is 428 g/mol. The van der Waals surface area contributed by atoms with Crippen LogP contribution in [0.15, 0.2) is 24.3 Å². The van der Waals surface area contributed by atoms with E-state index in [1.165, 1.54) is 11.8 Å². The minimum absolute atomic E-state index is 0.0404. The highest BCUT2D eigenvalue weighted by atomic mass is 32.2. The number of hydrogen-bond donors (Lipinski definition) is 1. The molecule has 1 N–H and O–H groups in total. The standard InChI is InChI=1S/C24H34N2O5S/c1-5-6-11-25-12-7-10-24-17(18-22(30)31-13-8-9-23(18,4)32-24)20(28)26(19(24)21(25)29)16(14-27)15(2)3/h7-10,15-19,27H,5-6,11-14H2,1-4H3/t16-,17-,18+,19?,23-,24-/m0/s1. The maximum absolute atomic E-state index is 14.1. The molecule has 32 heavy (non-hydrogen) atoms. The van der Waals surface area contributed by atoms with Crippen LogP contribution < -0.4 is 0 Å². The second kappa shape index (κ2) is 8.52. The molecule has 0 aromatic heterocycles. The summed E-state index contributed by atoms with van der Waals surface area (Å²) in [6.07, 6.45) is 9.64. The Morgan fingerprint density at radius 2 is 1.94 bits per heavy atom. The van der Waals surface area contributed by atoms with E-state index < -0.39 is 33.4 Å². The van der Waals surface area contributed by atoms with Gasteiger partial charge in [0.1, 0.15) is 12.6 Å². The SMILES string of the molecule is CCCCN1CC=C[C@]23S[C@@]4(C)C=CCOC(=O)[C@H]4[C@H]2C(=O)N([C@@H](CO)C(C)C)C3C1=O. The van der Waals surface area contributed by atoms with Crippen molar-refractivity contribution in [3.05, 3.63) is 24.3 Å². The Hall–Kier alpha value is -1.80. The van der Waals surface area contributed by atoms with Gasteiger partial charge in [0, 0.05) is 17.8 Å². The first-order valence-corrected chi connectivity index (χ1v) is 12.5. The lowest BCUT2D eigenvalue weighted by atomic mass is 9.75. The summed E-state index contributed by atoms with van der Waals surface area (Å²) in [6.45, 7) is 9.01. The van der Waals surface area contributed by atoms with Crippen LogP contribution in [0.25, 0.3) is 0 Å². The summed E-state index contributed by atoms with van der Waals surface area (Å²) in [5.74, 6) is -2.15. The predicted molar refractivity (Wildman–Crippen MR) is 123 cm³/mol. The lowest BCUT2D eigenvalue weighted by molar-refractivity contribution is -0.153. The molecular formula is C24H34N2O5S. The van der Waals surface area contributed by atoms with Crippen molar-refractivity contribution in [3.63, 3.8) is 0 Å². The van der Waals surface area contributed by atoms with Gasteiger partial charge in [0.25, 0.3) is 0 Å². The molecule has 6 atom stereocenters. The summed E-state index contributed by atoms with van der Waals surface area (Å²) in [7, 11) is 0. The van der Waals surface area contributed by atoms with E-state index in [0.29, 0.717) is 13.1 Å². The van der Waals surface area contributed by atoms with E-state index in [2.05, 4.69) is 6.92 Å². The number of rotatable bonds is 6. The van der Waals surface area contributed by atoms with Crippen LogP contribution in [0.1, 0.15) is 40.5 Å². The Morgan fingerprint density at radius 1 is 1.19 bits per heavy atom. The number of amides is 2. The minimum atomic E-state index is -0.877. The number of thioether (sulfide) groups is 1. The van der Waals surface area contributed by atoms with Crippen LogP contribution in [0.3, 0.4) is 0 Å². The lowest BCUT2D eigenvalue weighted by Gasteiger charge is -2.40. The van der Waals surface area contributed by atoms with Crippen LogP contribution in [-0.2, 0) is 19.1 Å². The number of hydrogen-bond acceptors (Lipinski definition) is 6. The van der Waals surface area contributed by atoms with Crippen molar-refractivity contribution in [1.82, 2.24) is 9.80 Å². The van der Waals surface area contributed by atoms with Gasteiger partial charge in [-0.25, -0.2) is 0 Å². The molecule has 0 aliphatic carbocycles. The summed E-state index contributed by atoms with van der Waals surface area (Å²) in [5, 5.41) is 10.2. The molecule has 2 saturated heterocycles. The van der Waals surface area contributed by atoms with Gasteiger partial charge in [0.2, 0.25) is 11.8 Å². The second-order valence-corrected chi connectivity index (χ2v) is 11.6. The van der Waals surface area contributed by atoms with Crippen LogP contribution in [0.5, 0.6) is 0 Å². The largest absolute Gasteiger partial charge is 0.461 e. The van der Waals surface area contributed by atoms with E-state index in [1.54, 1.807) is 4.90 Å². The van der Waals surface area contributed by atoms with E-state index >= 15 is 0 Å². The van der Waals surface area contributed by atoms with Crippen molar-refractivity contribution < 1.29 is 24.2 Å². The van der Waals surface area contributed by atoms with Gasteiger partial charge in [-0.3, -0.25) is 14.4 Å². The fraction of sp³-hybridized carbons (Fsp3) is 0.708. The summed E-state index contributed by atoms with van der Waals surface area (Å²) in [6, 6.07) is -1.26. The van der Waals surface area contributed by atoms with Gasteiger partial charge in [-0.2, -0.15) is 0 Å². The van der Waals surface area contributed by atoms with E-state index in [0.717, 1.165) is 12.8 Å². The monoisotopic (exact) mass is 462 g/mol. The summed E-state index contributed by atoms with van der Waals surface area (Å²) >= 11 is 1.54. The number of esters is 1. The molecule has 176 valence electrons. The van der Waals surface area contributed by atoms with Crippen molar-refractivity contribution in [3.8, 4) is 0 Å². The van der Waals surface area contributed by atoms with Crippen LogP contribution in [0.2, 0.25) is 0 Å². The fourth-order valence-electron chi connectivity index (χ4n) is 5.87. The highest BCUT2D eigenvalue weighted by Crippen LogP contribution is 2.65. The van der Waals surface area contributed by atoms with Crippen molar-refractivity contribution >= 4 is 29.5 Å². The molecule has 0 radical (unpaired) electrons. The third kappa shape index (κ3) is 3.33. The Bertz CT molecular complexity index is 857. The molecule has 0 saturated carbocycles. The molecule has 0 bridgehead atoms. The van der Waals surface area contributed by atoms with Gasteiger partial charge in [-0.1, -0.05) is 45.4 Å². The highest BCUT2D eigenvalue weighted by molar-refractivity contribution is 8.02. The first-order chi connectivity index (χ1) is 15.2. The van der Waals surface area contributed by atoms with Crippen molar-refractivity contribution in [2.24, 2.45) is 17.8 Å². The van der Waals surface area contributed by atoms with Gasteiger partial charge in [0.05, 0.1) is 29.2 Å². The van der Waals surface area contributed by atoms with Gasteiger partial charge < -0.3 is 19.6 Å². The molecule has 8 heteroatoms. The zero-order valence-electron chi connectivity index (χ0n) is 19.3. The van der Waals surface area contributed by atoms with Crippen molar-refractivity contribution in [2.45, 2.75) is 62.1 Å². The molecule has 4 aliphatic heterocycles. The van der Waals surface area contributed by atoms with Crippen LogP contribution in [-0.4, -0.2) is 80.6 Å². The second-order valence-electron chi connectivity index (χ2n) is 9.81. The predicted octanol–water partition coefficient (Wildman–Crippen LogP) is 2.00. The summed E-state index contributed by atoms with van der Waals surface area (Å²) in [5.41, 5.74) is 0. The Labute approximate surface area is 194 Å². The van der Waals surface area contributed by atoms with Gasteiger partial charge in [0.15, 0.2) is 0 Å². The third-order valence-electron chi connectivity index (χ3n) is 7.43. The number of fused-ring (bicyclic) bond motifs is 2. The van der Waals surface area contributed by atoms with Crippen LogP contribution >= 0.6 is 11.8 Å².